The van der Waals surface area contributed by atoms with Crippen molar-refractivity contribution in [3.8, 4) is 5.75 Å². The normalized spacial score (nSPS) is 16.0. The van der Waals surface area contributed by atoms with Crippen molar-refractivity contribution >= 4 is 16.8 Å². The lowest BCUT2D eigenvalue weighted by Gasteiger charge is -2.25. The van der Waals surface area contributed by atoms with E-state index in [4.69, 9.17) is 9.47 Å². The van der Waals surface area contributed by atoms with Crippen molar-refractivity contribution in [1.29, 1.82) is 0 Å². The highest BCUT2D eigenvalue weighted by Gasteiger charge is 2.24. The molecule has 156 valence electrons. The summed E-state index contributed by atoms with van der Waals surface area (Å²) in [6.07, 6.45) is 1.90. The molecule has 2 heterocycles. The first-order chi connectivity index (χ1) is 14.6. The zero-order valence-electron chi connectivity index (χ0n) is 17.1. The van der Waals surface area contributed by atoms with Crippen LogP contribution in [0.3, 0.4) is 0 Å². The number of aryl methyl sites for hydroxylation is 1. The number of carbonyl (C=O) groups is 1. The van der Waals surface area contributed by atoms with E-state index in [0.29, 0.717) is 24.5 Å². The molecule has 1 N–H and O–H groups in total. The van der Waals surface area contributed by atoms with Gasteiger partial charge in [-0.1, -0.05) is 30.3 Å². The van der Waals surface area contributed by atoms with Crippen LogP contribution in [0.5, 0.6) is 5.75 Å². The van der Waals surface area contributed by atoms with E-state index in [9.17, 15) is 9.59 Å². The predicted octanol–water partition coefficient (Wildman–Crippen LogP) is 3.42. The maximum atomic E-state index is 13.0. The fourth-order valence-corrected chi connectivity index (χ4v) is 3.72. The molecule has 0 unspecified atom stereocenters. The number of hydrogen-bond acceptors (Lipinski definition) is 4. The first-order valence-corrected chi connectivity index (χ1v) is 10.3. The molecule has 1 aromatic heterocycles. The standard InChI is InChI=1S/C24H26N2O4/c1-17-9-10-18-13-19(24(28)25-22(18)12-17)14-26(15-21-8-5-11-29-21)23(27)16-30-20-6-3-2-4-7-20/h2-4,6-7,9-10,12-13,21H,5,8,11,14-16H2,1H3,(H,25,28)/t21-/m1/s1. The lowest BCUT2D eigenvalue weighted by molar-refractivity contribution is -0.135. The molecule has 3 aromatic rings. The van der Waals surface area contributed by atoms with Crippen molar-refractivity contribution in [2.24, 2.45) is 0 Å². The van der Waals surface area contributed by atoms with E-state index in [-0.39, 0.29) is 30.7 Å². The van der Waals surface area contributed by atoms with E-state index >= 15 is 0 Å². The highest BCUT2D eigenvalue weighted by Crippen LogP contribution is 2.17. The van der Waals surface area contributed by atoms with Crippen LogP contribution in [0.4, 0.5) is 0 Å². The minimum absolute atomic E-state index is 0.00661. The summed E-state index contributed by atoms with van der Waals surface area (Å²) in [6.45, 7) is 3.28. The number of carbonyl (C=O) groups excluding carboxylic acids is 1. The van der Waals surface area contributed by atoms with Gasteiger partial charge in [-0.05, 0) is 55.0 Å². The van der Waals surface area contributed by atoms with Crippen LogP contribution in [-0.4, -0.2) is 41.7 Å². The molecule has 1 saturated heterocycles. The molecule has 0 bridgehead atoms. The van der Waals surface area contributed by atoms with Crippen molar-refractivity contribution in [1.82, 2.24) is 9.88 Å². The summed E-state index contributed by atoms with van der Waals surface area (Å²) in [5, 5.41) is 0.945. The topological polar surface area (TPSA) is 71.6 Å². The molecule has 1 atom stereocenters. The number of fused-ring (bicyclic) bond motifs is 1. The summed E-state index contributed by atoms with van der Waals surface area (Å²) in [7, 11) is 0. The number of aromatic amines is 1. The summed E-state index contributed by atoms with van der Waals surface area (Å²) in [4.78, 5) is 30.2. The van der Waals surface area contributed by atoms with Crippen molar-refractivity contribution in [3.63, 3.8) is 0 Å². The number of benzene rings is 2. The third-order valence-electron chi connectivity index (χ3n) is 5.35. The highest BCUT2D eigenvalue weighted by atomic mass is 16.5. The Morgan fingerprint density at radius 3 is 2.80 bits per heavy atom. The van der Waals surface area contributed by atoms with Crippen molar-refractivity contribution < 1.29 is 14.3 Å². The summed E-state index contributed by atoms with van der Waals surface area (Å²) >= 11 is 0. The molecule has 2 aromatic carbocycles. The predicted molar refractivity (Wildman–Crippen MR) is 116 cm³/mol. The van der Waals surface area contributed by atoms with E-state index in [2.05, 4.69) is 4.98 Å². The zero-order chi connectivity index (χ0) is 20.9. The molecule has 0 spiro atoms. The fourth-order valence-electron chi connectivity index (χ4n) is 3.72. The lowest BCUT2D eigenvalue weighted by Crippen LogP contribution is -2.40. The monoisotopic (exact) mass is 406 g/mol. The Bertz CT molecular complexity index is 1070. The third-order valence-corrected chi connectivity index (χ3v) is 5.35. The Hall–Kier alpha value is -3.12. The number of ether oxygens (including phenoxy) is 2. The van der Waals surface area contributed by atoms with E-state index < -0.39 is 0 Å². The molecular formula is C24H26N2O4. The number of aromatic nitrogens is 1. The second-order valence-corrected chi connectivity index (χ2v) is 7.73. The fraction of sp³-hybridized carbons (Fsp3) is 0.333. The Kier molecular flexibility index (Phi) is 6.14. The van der Waals surface area contributed by atoms with E-state index in [1.54, 1.807) is 4.90 Å². The summed E-state index contributed by atoms with van der Waals surface area (Å²) in [6, 6.07) is 17.0. The Morgan fingerprint density at radius 2 is 2.03 bits per heavy atom. The van der Waals surface area contributed by atoms with Gasteiger partial charge in [-0.15, -0.1) is 0 Å². The maximum Gasteiger partial charge on any atom is 0.260 e. The van der Waals surface area contributed by atoms with Crippen molar-refractivity contribution in [3.05, 3.63) is 76.1 Å². The van der Waals surface area contributed by atoms with Crippen molar-refractivity contribution in [2.75, 3.05) is 19.8 Å². The van der Waals surface area contributed by atoms with Gasteiger partial charge in [0.05, 0.1) is 12.6 Å². The Morgan fingerprint density at radius 1 is 1.20 bits per heavy atom. The van der Waals surface area contributed by atoms with Gasteiger partial charge in [0.25, 0.3) is 11.5 Å². The van der Waals surface area contributed by atoms with Gasteiger partial charge in [-0.3, -0.25) is 9.59 Å². The molecule has 4 rings (SSSR count). The Balaban J connectivity index is 1.53. The largest absolute Gasteiger partial charge is 0.484 e. The minimum Gasteiger partial charge on any atom is -0.484 e. The van der Waals surface area contributed by atoms with Gasteiger partial charge in [0.2, 0.25) is 0 Å². The van der Waals surface area contributed by atoms with Crippen LogP contribution in [0.15, 0.2) is 59.4 Å². The molecule has 6 nitrogen and oxygen atoms in total. The number of nitrogens with zero attached hydrogens (tertiary/aromatic N) is 1. The molecule has 1 amide bonds. The molecule has 1 aliphatic rings. The van der Waals surface area contributed by atoms with Gasteiger partial charge in [0, 0.05) is 24.2 Å². The number of hydrogen-bond donors (Lipinski definition) is 1. The number of amides is 1. The van der Waals surface area contributed by atoms with Crippen LogP contribution in [0.25, 0.3) is 10.9 Å². The molecule has 0 saturated carbocycles. The average Bonchev–Trinajstić information content (AvgIpc) is 3.26. The van der Waals surface area contributed by atoms with Gasteiger partial charge in [-0.25, -0.2) is 0 Å². The summed E-state index contributed by atoms with van der Waals surface area (Å²) in [5.74, 6) is 0.472. The molecule has 1 aliphatic heterocycles. The van der Waals surface area contributed by atoms with Gasteiger partial charge in [0.15, 0.2) is 6.61 Å². The Labute approximate surface area is 175 Å². The minimum atomic E-state index is -0.179. The first kappa shape index (κ1) is 20.2. The van der Waals surface area contributed by atoms with E-state index in [1.165, 1.54) is 0 Å². The highest BCUT2D eigenvalue weighted by molar-refractivity contribution is 5.80. The summed E-state index contributed by atoms with van der Waals surface area (Å²) < 4.78 is 11.4. The number of nitrogens with one attached hydrogen (secondary N) is 1. The SMILES string of the molecule is Cc1ccc2cc(CN(C[C@H]3CCCO3)C(=O)COc3ccccc3)c(=O)[nH]c2c1. The van der Waals surface area contributed by atoms with Crippen LogP contribution in [0.2, 0.25) is 0 Å². The van der Waals surface area contributed by atoms with Crippen molar-refractivity contribution in [2.45, 2.75) is 32.4 Å². The summed E-state index contributed by atoms with van der Waals surface area (Å²) in [5.41, 5.74) is 2.26. The third kappa shape index (κ3) is 4.89. The molecular weight excluding hydrogens is 380 g/mol. The molecule has 0 radical (unpaired) electrons. The molecule has 1 fully saturated rings. The zero-order valence-corrected chi connectivity index (χ0v) is 17.1. The van der Waals surface area contributed by atoms with Gasteiger partial charge >= 0.3 is 0 Å². The molecule has 30 heavy (non-hydrogen) atoms. The van der Waals surface area contributed by atoms with Gasteiger partial charge in [-0.2, -0.15) is 0 Å². The van der Waals surface area contributed by atoms with Gasteiger partial charge < -0.3 is 19.4 Å². The average molecular weight is 406 g/mol. The molecule has 6 heteroatoms. The smallest absolute Gasteiger partial charge is 0.260 e. The molecule has 0 aliphatic carbocycles. The number of H-pyrrole nitrogens is 1. The lowest BCUT2D eigenvalue weighted by atomic mass is 10.1. The number of para-hydroxylation sites is 1. The number of pyridine rings is 1. The van der Waals surface area contributed by atoms with Crippen LogP contribution < -0.4 is 10.3 Å². The van der Waals surface area contributed by atoms with Crippen LogP contribution in [0, 0.1) is 6.92 Å². The second kappa shape index (κ2) is 9.13. The van der Waals surface area contributed by atoms with Crippen LogP contribution in [0.1, 0.15) is 24.0 Å². The quantitative estimate of drug-likeness (QED) is 0.653. The van der Waals surface area contributed by atoms with Crippen LogP contribution >= 0.6 is 0 Å². The van der Waals surface area contributed by atoms with E-state index in [0.717, 1.165) is 29.3 Å². The van der Waals surface area contributed by atoms with E-state index in [1.807, 2.05) is 61.5 Å². The van der Waals surface area contributed by atoms with Gasteiger partial charge in [0.1, 0.15) is 5.75 Å². The maximum absolute atomic E-state index is 13.0. The first-order valence-electron chi connectivity index (χ1n) is 10.3. The number of rotatable bonds is 7. The van der Waals surface area contributed by atoms with Crippen LogP contribution in [-0.2, 0) is 16.1 Å². The second-order valence-electron chi connectivity index (χ2n) is 7.73.